The summed E-state index contributed by atoms with van der Waals surface area (Å²) in [7, 11) is 0. The van der Waals surface area contributed by atoms with Gasteiger partial charge in [-0.2, -0.15) is 199 Å². The summed E-state index contributed by atoms with van der Waals surface area (Å²) in [4.78, 5) is 50.0. The number of ether oxygens (including phenoxy) is 1. The molecule has 492 valence electrons. The van der Waals surface area contributed by atoms with Crippen LogP contribution in [0.25, 0.3) is 0 Å². The van der Waals surface area contributed by atoms with E-state index in [9.17, 15) is 182 Å². The van der Waals surface area contributed by atoms with Crippen molar-refractivity contribution in [1.82, 2.24) is 5.32 Å². The number of carbonyl (C=O) groups is 2. The molecule has 0 aliphatic rings. The average molecular weight is 1360 g/mol. The second-order valence-electron chi connectivity index (χ2n) is 16.0. The zero-order chi connectivity index (χ0) is 69.2. The molecule has 0 saturated heterocycles. The number of aryl methyl sites for hydroxylation is 1. The molecule has 0 atom stereocenters. The first-order valence-corrected chi connectivity index (χ1v) is 19.0. The van der Waals surface area contributed by atoms with E-state index < -0.39 is 177 Å². The van der Waals surface area contributed by atoms with Gasteiger partial charge in [-0.15, -0.1) is 0 Å². The summed E-state index contributed by atoms with van der Waals surface area (Å²) in [5.74, 6) is -209. The van der Waals surface area contributed by atoms with Gasteiger partial charge in [-0.3, -0.25) is 9.59 Å². The van der Waals surface area contributed by atoms with E-state index in [1.807, 2.05) is 4.99 Å². The van der Waals surface area contributed by atoms with Gasteiger partial charge in [-0.1, -0.05) is 0 Å². The van der Waals surface area contributed by atoms with Crippen molar-refractivity contribution in [2.45, 2.75) is 138 Å². The molecule has 1 N–H and O–H groups in total. The first-order valence-electron chi connectivity index (χ1n) is 19.0. The maximum atomic E-state index is 15.8. The minimum Gasteiger partial charge on any atom is -0.445 e. The molecule has 0 aliphatic heterocycles. The van der Waals surface area contributed by atoms with Crippen LogP contribution in [0.3, 0.4) is 0 Å². The van der Waals surface area contributed by atoms with Crippen molar-refractivity contribution in [2.24, 2.45) is 9.98 Å². The van der Waals surface area contributed by atoms with E-state index in [1.165, 1.54) is 0 Å². The minimum absolute atomic E-state index is 0.0137. The Labute approximate surface area is 432 Å². The quantitative estimate of drug-likeness (QED) is 0.0344. The molecule has 85 heavy (non-hydrogen) atoms. The molecule has 0 saturated carbocycles. The lowest BCUT2D eigenvalue weighted by atomic mass is 9.81. The summed E-state index contributed by atoms with van der Waals surface area (Å²) in [5, 5.41) is 0.974. The molecule has 0 aromatic heterocycles. The number of amides is 1. The highest BCUT2D eigenvalue weighted by molar-refractivity contribution is 6.03. The number of nitrogens with zero attached hydrogens (tertiary/aromatic N) is 2. The van der Waals surface area contributed by atoms with Crippen LogP contribution in [0.15, 0.2) is 16.1 Å². The largest absolute Gasteiger partial charge is 0.460 e. The number of hydrogen-bond donors (Lipinski definition) is 1. The van der Waals surface area contributed by atoms with Gasteiger partial charge in [0.1, 0.15) is 0 Å². The molecule has 0 unspecified atom stereocenters. The topological polar surface area (TPSA) is 114 Å². The molecule has 0 spiro atoms. The van der Waals surface area contributed by atoms with Crippen molar-refractivity contribution < 1.29 is 213 Å². The molecular formula is C34H10F43N3O5. The molecule has 1 rings (SSSR count). The smallest absolute Gasteiger partial charge is 0.445 e. The van der Waals surface area contributed by atoms with Crippen molar-refractivity contribution in [1.29, 1.82) is 0 Å². The van der Waals surface area contributed by atoms with E-state index >= 15 is 26.3 Å². The molecule has 0 aliphatic carbocycles. The SMILES string of the molecule is CC(=O)OCNC(=O)c1c(N=C=O)c(C)cc(N=C=O)c1C(F)(F)C(F)(F)C(F)(F)C(F)(F)C(F)(F)C(F)(F)C(F)(F)C(F)(F)C(F)(F)C(F)(F)C(F)(F)C(F)(F)C(F)(F)C(F)(F)C(F)(F)C(F)(F)C(F)(F)C(F)(F)C(F)(F)C(F)(F)C(F)(F)F. The van der Waals surface area contributed by atoms with Gasteiger partial charge >= 0.3 is 131 Å². The van der Waals surface area contributed by atoms with Crippen LogP contribution in [-0.2, 0) is 25.0 Å². The van der Waals surface area contributed by atoms with Crippen molar-refractivity contribution >= 4 is 35.4 Å². The van der Waals surface area contributed by atoms with Crippen LogP contribution in [0.2, 0.25) is 0 Å². The van der Waals surface area contributed by atoms with E-state index in [0.29, 0.717) is 13.8 Å². The maximum Gasteiger partial charge on any atom is 0.460 e. The van der Waals surface area contributed by atoms with E-state index in [2.05, 4.69) is 9.73 Å². The molecule has 0 heterocycles. The van der Waals surface area contributed by atoms with Crippen molar-refractivity contribution in [3.63, 3.8) is 0 Å². The Kier molecular flexibility index (Phi) is 18.8. The summed E-state index contributed by atoms with van der Waals surface area (Å²) in [6.07, 6.45) is -8.34. The van der Waals surface area contributed by atoms with Crippen LogP contribution in [0.1, 0.15) is 28.4 Å². The number of esters is 1. The zero-order valence-electron chi connectivity index (χ0n) is 38.0. The zero-order valence-corrected chi connectivity index (χ0v) is 38.0. The summed E-state index contributed by atoms with van der Waals surface area (Å²) in [5.41, 5.74) is -12.7. The number of isocyanates is 2. The van der Waals surface area contributed by atoms with Crippen LogP contribution in [-0.4, -0.2) is 149 Å². The minimum atomic E-state index is -10.8. The Bertz CT molecular complexity index is 2820. The normalized spacial score (nSPS) is 15.7. The second kappa shape index (κ2) is 20.8. The number of rotatable bonds is 25. The van der Waals surface area contributed by atoms with E-state index in [1.54, 1.807) is 0 Å². The van der Waals surface area contributed by atoms with E-state index in [4.69, 9.17) is 0 Å². The highest BCUT2D eigenvalue weighted by Gasteiger charge is 3.04. The Morgan fingerprint density at radius 2 is 0.612 bits per heavy atom. The summed E-state index contributed by atoms with van der Waals surface area (Å²) in [6, 6.07) is -0.513. The van der Waals surface area contributed by atoms with Crippen LogP contribution < -0.4 is 5.32 Å². The third kappa shape index (κ3) is 9.63. The Hall–Kier alpha value is -6.09. The number of halogens is 43. The van der Waals surface area contributed by atoms with Crippen LogP contribution in [0.5, 0.6) is 0 Å². The maximum absolute atomic E-state index is 15.8. The van der Waals surface area contributed by atoms with Crippen molar-refractivity contribution in [3.8, 4) is 0 Å². The van der Waals surface area contributed by atoms with Gasteiger partial charge in [0.15, 0.2) is 6.73 Å². The molecule has 8 nitrogen and oxygen atoms in total. The van der Waals surface area contributed by atoms with Crippen molar-refractivity contribution in [3.05, 3.63) is 22.8 Å². The third-order valence-electron chi connectivity index (χ3n) is 10.7. The lowest BCUT2D eigenvalue weighted by molar-refractivity contribution is -0.496. The number of nitrogens with one attached hydrogen (secondary N) is 1. The monoisotopic (exact) mass is 1360 g/mol. The van der Waals surface area contributed by atoms with Gasteiger partial charge < -0.3 is 10.1 Å². The van der Waals surface area contributed by atoms with Gasteiger partial charge in [-0.25, -0.2) is 9.59 Å². The number of alkyl halides is 43. The second-order valence-corrected chi connectivity index (χ2v) is 16.0. The Balaban J connectivity index is 4.38. The molecular weight excluding hydrogens is 1350 g/mol. The fraction of sp³-hybridized carbons (Fsp3) is 0.706. The molecule has 0 fully saturated rings. The summed E-state index contributed by atoms with van der Waals surface area (Å²) < 4.78 is 615. The molecule has 1 amide bonds. The van der Waals surface area contributed by atoms with Crippen LogP contribution in [0.4, 0.5) is 200 Å². The Morgan fingerprint density at radius 3 is 0.824 bits per heavy atom. The van der Waals surface area contributed by atoms with E-state index in [-0.39, 0.29) is 12.2 Å². The predicted octanol–water partition coefficient (Wildman–Crippen LogP) is 14.9. The molecule has 1 aromatic carbocycles. The highest BCUT2D eigenvalue weighted by Crippen LogP contribution is 2.72. The molecule has 1 aromatic rings. The van der Waals surface area contributed by atoms with E-state index in [0.717, 1.165) is 5.32 Å². The Morgan fingerprint density at radius 1 is 0.388 bits per heavy atom. The lowest BCUT2D eigenvalue weighted by Gasteiger charge is -2.47. The number of hydrogen-bond acceptors (Lipinski definition) is 7. The molecule has 51 heteroatoms. The van der Waals surface area contributed by atoms with Crippen molar-refractivity contribution in [2.75, 3.05) is 6.73 Å². The van der Waals surface area contributed by atoms with Crippen LogP contribution >= 0.6 is 0 Å². The first-order chi connectivity index (χ1) is 36.6. The lowest BCUT2D eigenvalue weighted by Crippen LogP contribution is -2.80. The van der Waals surface area contributed by atoms with Gasteiger partial charge in [0.25, 0.3) is 5.91 Å². The summed E-state index contributed by atoms with van der Waals surface area (Å²) >= 11 is 0. The van der Waals surface area contributed by atoms with Gasteiger partial charge in [0, 0.05) is 6.92 Å². The fourth-order valence-electron chi connectivity index (χ4n) is 5.83. The predicted molar refractivity (Wildman–Crippen MR) is 175 cm³/mol. The van der Waals surface area contributed by atoms with Gasteiger partial charge in [0.05, 0.1) is 22.5 Å². The molecule has 0 bridgehead atoms. The molecule has 0 radical (unpaired) electrons. The average Bonchev–Trinajstić information content (AvgIpc) is 3.30. The number of benzene rings is 1. The van der Waals surface area contributed by atoms with Crippen LogP contribution in [0, 0.1) is 6.92 Å². The van der Waals surface area contributed by atoms with Gasteiger partial charge in [0.2, 0.25) is 12.2 Å². The first kappa shape index (κ1) is 76.9. The number of aliphatic imine (C=N–C) groups is 2. The third-order valence-corrected chi connectivity index (χ3v) is 10.7. The standard InChI is InChI=1S/C34H10F43N3O5/c1-7-3-9(78-4-81)11(10(12(7)79-5-82)13(84)80-6-85-8(2)83)14(35,36)15(37,38)16(39,40)17(41,42)18(43,44)19(45,46)20(47,48)21(49,50)22(51,52)23(53,54)24(55,56)25(57,58)26(59,60)27(61,62)28(63,64)29(65,66)30(67,68)31(69,70)32(71,72)33(73,74)34(75,76)77/h3H,6H2,1-2H3,(H,80,84). The fourth-order valence-corrected chi connectivity index (χ4v) is 5.83. The van der Waals surface area contributed by atoms with Gasteiger partial charge in [-0.05, 0) is 18.6 Å². The number of carbonyl (C=O) groups excluding carboxylic acids is 4. The summed E-state index contributed by atoms with van der Waals surface area (Å²) in [6.45, 7) is -1.14. The highest BCUT2D eigenvalue weighted by atomic mass is 19.4.